The van der Waals surface area contributed by atoms with Crippen LogP contribution in [0.3, 0.4) is 0 Å². The van der Waals surface area contributed by atoms with Crippen molar-refractivity contribution in [2.24, 2.45) is 0 Å². The smallest absolute Gasteiger partial charge is 0.134 e. The number of hydrogen-bond acceptors (Lipinski definition) is 2. The molecule has 6 heteroatoms. The molecule has 0 amide bonds. The van der Waals surface area contributed by atoms with Crippen LogP contribution in [-0.4, -0.2) is 14.2 Å². The van der Waals surface area contributed by atoms with E-state index in [0.29, 0.717) is 27.9 Å². The van der Waals surface area contributed by atoms with Crippen molar-refractivity contribution in [1.29, 1.82) is 0 Å². The molecule has 1 N–H and O–H groups in total. The van der Waals surface area contributed by atoms with Crippen LogP contribution in [0.25, 0.3) is 0 Å². The van der Waals surface area contributed by atoms with Crippen LogP contribution in [0.4, 0.5) is 13.2 Å². The van der Waals surface area contributed by atoms with Crippen LogP contribution in [0.5, 0.6) is 5.75 Å². The van der Waals surface area contributed by atoms with Crippen LogP contribution in [0.2, 0.25) is 0 Å². The molecule has 0 heterocycles. The molecule has 1 unspecified atom stereocenters. The van der Waals surface area contributed by atoms with E-state index in [4.69, 9.17) is 4.74 Å². The van der Waals surface area contributed by atoms with Crippen LogP contribution >= 0.6 is 15.9 Å². The monoisotopic (exact) mass is 359 g/mol. The minimum atomic E-state index is -0.947. The minimum Gasteiger partial charge on any atom is -0.497 e. The summed E-state index contributed by atoms with van der Waals surface area (Å²) in [5.74, 6) is -2.21. The van der Waals surface area contributed by atoms with Crippen molar-refractivity contribution in [2.75, 3.05) is 14.2 Å². The third kappa shape index (κ3) is 3.22. The molecule has 21 heavy (non-hydrogen) atoms. The SMILES string of the molecule is CNC(c1ccc(OC)cc1Br)c1c(F)cc(F)cc1F. The summed E-state index contributed by atoms with van der Waals surface area (Å²) < 4.78 is 46.6. The Kier molecular flexibility index (Phi) is 4.90. The van der Waals surface area contributed by atoms with Gasteiger partial charge in [-0.05, 0) is 24.7 Å². The molecule has 2 aromatic rings. The van der Waals surface area contributed by atoms with Gasteiger partial charge in [0.1, 0.15) is 23.2 Å². The van der Waals surface area contributed by atoms with Gasteiger partial charge in [-0.25, -0.2) is 13.2 Å². The summed E-state index contributed by atoms with van der Waals surface area (Å²) >= 11 is 3.35. The highest BCUT2D eigenvalue weighted by Gasteiger charge is 2.23. The summed E-state index contributed by atoms with van der Waals surface area (Å²) in [5.41, 5.74) is 0.382. The molecule has 0 aliphatic heterocycles. The van der Waals surface area contributed by atoms with Gasteiger partial charge in [0.15, 0.2) is 0 Å². The maximum Gasteiger partial charge on any atom is 0.134 e. The fourth-order valence-electron chi connectivity index (χ4n) is 2.15. The summed E-state index contributed by atoms with van der Waals surface area (Å²) in [6.07, 6.45) is 0. The van der Waals surface area contributed by atoms with Gasteiger partial charge in [0.25, 0.3) is 0 Å². The Morgan fingerprint density at radius 1 is 1.10 bits per heavy atom. The van der Waals surface area contributed by atoms with E-state index >= 15 is 0 Å². The maximum absolute atomic E-state index is 14.0. The predicted molar refractivity (Wildman–Crippen MR) is 77.9 cm³/mol. The van der Waals surface area contributed by atoms with Crippen LogP contribution in [0.1, 0.15) is 17.2 Å². The number of halogens is 4. The van der Waals surface area contributed by atoms with Gasteiger partial charge >= 0.3 is 0 Å². The molecule has 0 bridgehead atoms. The topological polar surface area (TPSA) is 21.3 Å². The van der Waals surface area contributed by atoms with E-state index in [-0.39, 0.29) is 5.56 Å². The Balaban J connectivity index is 2.55. The van der Waals surface area contributed by atoms with Crippen LogP contribution < -0.4 is 10.1 Å². The average molecular weight is 360 g/mol. The Labute approximate surface area is 129 Å². The third-order valence-corrected chi connectivity index (χ3v) is 3.83. The van der Waals surface area contributed by atoms with E-state index < -0.39 is 23.5 Å². The molecule has 112 valence electrons. The highest BCUT2D eigenvalue weighted by Crippen LogP contribution is 2.33. The van der Waals surface area contributed by atoms with Gasteiger partial charge in [0.05, 0.1) is 13.2 Å². The van der Waals surface area contributed by atoms with Gasteiger partial charge in [0, 0.05) is 22.2 Å². The first-order chi connectivity index (χ1) is 9.97. The Hall–Kier alpha value is -1.53. The van der Waals surface area contributed by atoms with Gasteiger partial charge in [-0.3, -0.25) is 0 Å². The lowest BCUT2D eigenvalue weighted by atomic mass is 9.97. The van der Waals surface area contributed by atoms with Crippen LogP contribution in [-0.2, 0) is 0 Å². The third-order valence-electron chi connectivity index (χ3n) is 3.14. The number of rotatable bonds is 4. The van der Waals surface area contributed by atoms with E-state index in [1.807, 2.05) is 0 Å². The lowest BCUT2D eigenvalue weighted by Crippen LogP contribution is -2.21. The first-order valence-electron chi connectivity index (χ1n) is 6.13. The van der Waals surface area contributed by atoms with E-state index in [9.17, 15) is 13.2 Å². The first-order valence-corrected chi connectivity index (χ1v) is 6.92. The van der Waals surface area contributed by atoms with Crippen molar-refractivity contribution in [3.8, 4) is 5.75 Å². The molecule has 0 saturated heterocycles. The fraction of sp³-hybridized carbons (Fsp3) is 0.200. The van der Waals surface area contributed by atoms with Crippen molar-refractivity contribution in [3.63, 3.8) is 0 Å². The van der Waals surface area contributed by atoms with Gasteiger partial charge in [-0.1, -0.05) is 22.0 Å². The number of benzene rings is 2. The largest absolute Gasteiger partial charge is 0.497 e. The van der Waals surface area contributed by atoms with E-state index in [1.54, 1.807) is 25.2 Å². The molecule has 1 atom stereocenters. The number of hydrogen-bond donors (Lipinski definition) is 1. The van der Waals surface area contributed by atoms with Gasteiger partial charge in [0.2, 0.25) is 0 Å². The number of nitrogens with one attached hydrogen (secondary N) is 1. The second-order valence-electron chi connectivity index (χ2n) is 4.39. The van der Waals surface area contributed by atoms with Crippen molar-refractivity contribution in [3.05, 3.63) is 63.4 Å². The quantitative estimate of drug-likeness (QED) is 0.883. The zero-order valence-corrected chi connectivity index (χ0v) is 13.0. The number of methoxy groups -OCH3 is 1. The zero-order chi connectivity index (χ0) is 15.6. The molecular formula is C15H13BrF3NO. The molecular weight excluding hydrogens is 347 g/mol. The lowest BCUT2D eigenvalue weighted by Gasteiger charge is -2.20. The molecule has 0 saturated carbocycles. The second kappa shape index (κ2) is 6.49. The Morgan fingerprint density at radius 3 is 2.19 bits per heavy atom. The maximum atomic E-state index is 14.0. The molecule has 0 aliphatic carbocycles. The van der Waals surface area contributed by atoms with Gasteiger partial charge in [-0.2, -0.15) is 0 Å². The van der Waals surface area contributed by atoms with Crippen molar-refractivity contribution >= 4 is 15.9 Å². The van der Waals surface area contributed by atoms with Crippen LogP contribution in [0.15, 0.2) is 34.8 Å². The molecule has 0 aliphatic rings. The van der Waals surface area contributed by atoms with Gasteiger partial charge < -0.3 is 10.1 Å². The molecule has 0 fully saturated rings. The molecule has 0 radical (unpaired) electrons. The molecule has 2 rings (SSSR count). The molecule has 2 aromatic carbocycles. The average Bonchev–Trinajstić information content (AvgIpc) is 2.43. The van der Waals surface area contributed by atoms with E-state index in [0.717, 1.165) is 0 Å². The summed E-state index contributed by atoms with van der Waals surface area (Å²) in [7, 11) is 3.10. The molecule has 0 aromatic heterocycles. The van der Waals surface area contributed by atoms with Gasteiger partial charge in [-0.15, -0.1) is 0 Å². The fourth-order valence-corrected chi connectivity index (χ4v) is 2.74. The summed E-state index contributed by atoms with van der Waals surface area (Å²) in [6.45, 7) is 0. The van der Waals surface area contributed by atoms with E-state index in [1.165, 1.54) is 7.11 Å². The standard InChI is InChI=1S/C15H13BrF3NO/c1-20-15(10-4-3-9(21-2)7-11(10)16)14-12(18)5-8(17)6-13(14)19/h3-7,15,20H,1-2H3. The second-order valence-corrected chi connectivity index (χ2v) is 5.25. The normalized spacial score (nSPS) is 12.3. The summed E-state index contributed by atoms with van der Waals surface area (Å²) in [4.78, 5) is 0. The number of ether oxygens (including phenoxy) is 1. The zero-order valence-electron chi connectivity index (χ0n) is 11.4. The highest BCUT2D eigenvalue weighted by atomic mass is 79.9. The highest BCUT2D eigenvalue weighted by molar-refractivity contribution is 9.10. The Morgan fingerprint density at radius 2 is 1.71 bits per heavy atom. The molecule has 0 spiro atoms. The summed E-state index contributed by atoms with van der Waals surface area (Å²) in [5, 5.41) is 2.84. The summed E-state index contributed by atoms with van der Waals surface area (Å²) in [6, 6.07) is 5.64. The predicted octanol–water partition coefficient (Wildman–Crippen LogP) is 4.18. The van der Waals surface area contributed by atoms with Crippen molar-refractivity contribution in [1.82, 2.24) is 5.32 Å². The van der Waals surface area contributed by atoms with Crippen molar-refractivity contribution < 1.29 is 17.9 Å². The Bertz CT molecular complexity index is 640. The lowest BCUT2D eigenvalue weighted by molar-refractivity contribution is 0.414. The minimum absolute atomic E-state index is 0.232. The molecule has 2 nitrogen and oxygen atoms in total. The van der Waals surface area contributed by atoms with Crippen LogP contribution in [0, 0.1) is 17.5 Å². The van der Waals surface area contributed by atoms with E-state index in [2.05, 4.69) is 21.2 Å². The van der Waals surface area contributed by atoms with Crippen molar-refractivity contribution in [2.45, 2.75) is 6.04 Å². The first kappa shape index (κ1) is 15.9.